The minimum atomic E-state index is -0.437. The molecule has 0 saturated heterocycles. The number of hydrogen-bond donors (Lipinski definition) is 2. The van der Waals surface area contributed by atoms with Crippen molar-refractivity contribution in [2.24, 2.45) is 5.73 Å². The summed E-state index contributed by atoms with van der Waals surface area (Å²) >= 11 is 1.26. The average Bonchev–Trinajstić information content (AvgIpc) is 3.02. The molecule has 0 spiro atoms. The molecule has 0 atom stereocenters. The number of benzene rings is 1. The summed E-state index contributed by atoms with van der Waals surface area (Å²) in [5, 5.41) is 7.40. The van der Waals surface area contributed by atoms with Gasteiger partial charge in [-0.2, -0.15) is 0 Å². The zero-order chi connectivity index (χ0) is 16.7. The number of para-hydroxylation sites is 1. The van der Waals surface area contributed by atoms with Gasteiger partial charge >= 0.3 is 0 Å². The zero-order valence-corrected chi connectivity index (χ0v) is 13.7. The number of nitrogens with two attached hydrogens (primary N) is 1. The summed E-state index contributed by atoms with van der Waals surface area (Å²) in [4.78, 5) is 29.3. The molecule has 1 aromatic heterocycles. The van der Waals surface area contributed by atoms with Gasteiger partial charge in [0.15, 0.2) is 0 Å². The minimum absolute atomic E-state index is 0.117. The van der Waals surface area contributed by atoms with Crippen LogP contribution in [0.4, 0.5) is 5.69 Å². The van der Waals surface area contributed by atoms with Gasteiger partial charge in [0.1, 0.15) is 5.82 Å². The van der Waals surface area contributed by atoms with Gasteiger partial charge in [0.05, 0.1) is 5.75 Å². The number of rotatable bonds is 8. The van der Waals surface area contributed by atoms with Crippen LogP contribution in [0, 0.1) is 0 Å². The van der Waals surface area contributed by atoms with Crippen LogP contribution in [0.3, 0.4) is 0 Å². The van der Waals surface area contributed by atoms with Crippen LogP contribution < -0.4 is 10.6 Å². The Bertz CT molecular complexity index is 659. The molecule has 0 fully saturated rings. The van der Waals surface area contributed by atoms with Crippen LogP contribution >= 0.6 is 11.8 Å². The summed E-state index contributed by atoms with van der Waals surface area (Å²) in [6.45, 7) is 2.23. The monoisotopic (exact) mass is 333 g/mol. The first kappa shape index (κ1) is 17.0. The van der Waals surface area contributed by atoms with Gasteiger partial charge in [-0.3, -0.25) is 14.7 Å². The van der Waals surface area contributed by atoms with Crippen molar-refractivity contribution >= 4 is 29.3 Å². The summed E-state index contributed by atoms with van der Waals surface area (Å²) in [6, 6.07) is 9.21. The lowest BCUT2D eigenvalue weighted by molar-refractivity contribution is -0.118. The topological polar surface area (TPSA) is 105 Å². The van der Waals surface area contributed by atoms with Crippen molar-refractivity contribution in [2.45, 2.75) is 24.9 Å². The van der Waals surface area contributed by atoms with Gasteiger partial charge in [0.2, 0.25) is 17.0 Å². The normalized spacial score (nSPS) is 10.5. The Morgan fingerprint density at radius 2 is 2.04 bits per heavy atom. The summed E-state index contributed by atoms with van der Waals surface area (Å²) in [5.41, 5.74) is 5.94. The molecule has 1 aromatic carbocycles. The molecule has 0 unspecified atom stereocenters. The number of H-pyrrole nitrogens is 1. The quantitative estimate of drug-likeness (QED) is 0.710. The van der Waals surface area contributed by atoms with Crippen molar-refractivity contribution in [1.82, 2.24) is 15.2 Å². The fraction of sp³-hybridized carbons (Fsp3) is 0.333. The number of aromatic nitrogens is 3. The summed E-state index contributed by atoms with van der Waals surface area (Å²) in [7, 11) is 0. The van der Waals surface area contributed by atoms with Gasteiger partial charge in [-0.05, 0) is 12.1 Å². The first-order chi connectivity index (χ1) is 11.1. The molecule has 0 saturated carbocycles. The van der Waals surface area contributed by atoms with Crippen molar-refractivity contribution in [3.8, 4) is 0 Å². The van der Waals surface area contributed by atoms with Gasteiger partial charge in [0, 0.05) is 25.1 Å². The molecule has 2 rings (SSSR count). The number of hydrogen-bond acceptors (Lipinski definition) is 5. The molecule has 2 aromatic rings. The third-order valence-electron chi connectivity index (χ3n) is 3.12. The molecule has 7 nitrogen and oxygen atoms in total. The highest BCUT2D eigenvalue weighted by molar-refractivity contribution is 7.99. The first-order valence-electron chi connectivity index (χ1n) is 7.28. The van der Waals surface area contributed by atoms with E-state index in [1.54, 1.807) is 4.90 Å². The van der Waals surface area contributed by atoms with Crippen molar-refractivity contribution in [2.75, 3.05) is 17.2 Å². The maximum atomic E-state index is 12.5. The maximum Gasteiger partial charge on any atom is 0.237 e. The third kappa shape index (κ3) is 5.10. The Morgan fingerprint density at radius 1 is 1.30 bits per heavy atom. The number of aromatic amines is 1. The van der Waals surface area contributed by atoms with E-state index in [4.69, 9.17) is 5.73 Å². The Kier molecular flexibility index (Phi) is 6.16. The van der Waals surface area contributed by atoms with E-state index in [1.165, 1.54) is 11.8 Å². The Hall–Kier alpha value is -2.35. The van der Waals surface area contributed by atoms with Gasteiger partial charge < -0.3 is 10.6 Å². The molecular formula is C15H19N5O2S. The van der Waals surface area contributed by atoms with E-state index in [0.29, 0.717) is 5.16 Å². The van der Waals surface area contributed by atoms with E-state index in [2.05, 4.69) is 15.2 Å². The van der Waals surface area contributed by atoms with Crippen molar-refractivity contribution in [3.05, 3.63) is 36.2 Å². The molecule has 8 heteroatoms. The highest BCUT2D eigenvalue weighted by atomic mass is 32.2. The van der Waals surface area contributed by atoms with Crippen molar-refractivity contribution < 1.29 is 9.59 Å². The number of carbonyl (C=O) groups excluding carboxylic acids is 2. The molecule has 0 aliphatic heterocycles. The summed E-state index contributed by atoms with van der Waals surface area (Å²) < 4.78 is 0. The third-order valence-corrected chi connectivity index (χ3v) is 3.95. The highest BCUT2D eigenvalue weighted by Crippen LogP contribution is 2.18. The van der Waals surface area contributed by atoms with Gasteiger partial charge in [-0.25, -0.2) is 4.98 Å². The van der Waals surface area contributed by atoms with Crippen LogP contribution in [0.2, 0.25) is 0 Å². The SMILES string of the molecule is CCc1nc(SCC(=O)N(CCC(N)=O)c2ccccc2)n[nH]1. The number of carbonyl (C=O) groups is 2. The lowest BCUT2D eigenvalue weighted by Gasteiger charge is -2.22. The molecule has 0 aliphatic rings. The van der Waals surface area contributed by atoms with Crippen molar-refractivity contribution in [3.63, 3.8) is 0 Å². The molecule has 3 N–H and O–H groups in total. The number of anilines is 1. The Morgan fingerprint density at radius 3 is 2.65 bits per heavy atom. The Labute approximate surface area is 138 Å². The predicted octanol–water partition coefficient (Wildman–Crippen LogP) is 1.37. The Balaban J connectivity index is 2.02. The summed E-state index contributed by atoms with van der Waals surface area (Å²) in [5.74, 6) is 0.418. The zero-order valence-electron chi connectivity index (χ0n) is 12.9. The van der Waals surface area contributed by atoms with E-state index in [0.717, 1.165) is 17.9 Å². The van der Waals surface area contributed by atoms with Crippen LogP contribution in [-0.2, 0) is 16.0 Å². The molecule has 23 heavy (non-hydrogen) atoms. The average molecular weight is 333 g/mol. The number of aryl methyl sites for hydroxylation is 1. The largest absolute Gasteiger partial charge is 0.370 e. The second kappa shape index (κ2) is 8.33. The smallest absolute Gasteiger partial charge is 0.237 e. The number of primary amides is 1. The van der Waals surface area contributed by atoms with E-state index >= 15 is 0 Å². The molecule has 0 bridgehead atoms. The highest BCUT2D eigenvalue weighted by Gasteiger charge is 2.17. The predicted molar refractivity (Wildman–Crippen MR) is 89.1 cm³/mol. The molecule has 0 aliphatic carbocycles. The van der Waals surface area contributed by atoms with Gasteiger partial charge in [-0.15, -0.1) is 5.10 Å². The fourth-order valence-corrected chi connectivity index (χ4v) is 2.63. The van der Waals surface area contributed by atoms with Gasteiger partial charge in [-0.1, -0.05) is 36.9 Å². The lowest BCUT2D eigenvalue weighted by Crippen LogP contribution is -2.35. The van der Waals surface area contributed by atoms with E-state index < -0.39 is 5.91 Å². The fourth-order valence-electron chi connectivity index (χ4n) is 1.93. The second-order valence-corrected chi connectivity index (χ2v) is 5.75. The van der Waals surface area contributed by atoms with Crippen LogP contribution in [0.15, 0.2) is 35.5 Å². The first-order valence-corrected chi connectivity index (χ1v) is 8.26. The van der Waals surface area contributed by atoms with E-state index in [1.807, 2.05) is 37.3 Å². The molecule has 2 amide bonds. The lowest BCUT2D eigenvalue weighted by atomic mass is 10.2. The number of nitrogens with one attached hydrogen (secondary N) is 1. The maximum absolute atomic E-state index is 12.5. The molecule has 0 radical (unpaired) electrons. The second-order valence-electron chi connectivity index (χ2n) is 4.80. The standard InChI is InChI=1S/C15H19N5O2S/c1-2-13-17-15(19-18-13)23-10-14(22)20(9-8-12(16)21)11-6-4-3-5-7-11/h3-7H,2,8-10H2,1H3,(H2,16,21)(H,17,18,19). The van der Waals surface area contributed by atoms with E-state index in [-0.39, 0.29) is 24.6 Å². The minimum Gasteiger partial charge on any atom is -0.370 e. The van der Waals surface area contributed by atoms with E-state index in [9.17, 15) is 9.59 Å². The number of amides is 2. The van der Waals surface area contributed by atoms with Gasteiger partial charge in [0.25, 0.3) is 0 Å². The van der Waals surface area contributed by atoms with Crippen LogP contribution in [0.5, 0.6) is 0 Å². The van der Waals surface area contributed by atoms with Crippen LogP contribution in [0.25, 0.3) is 0 Å². The molecule has 1 heterocycles. The van der Waals surface area contributed by atoms with Crippen molar-refractivity contribution in [1.29, 1.82) is 0 Å². The summed E-state index contributed by atoms with van der Waals surface area (Å²) in [6.07, 6.45) is 0.877. The molecule has 122 valence electrons. The molecular weight excluding hydrogens is 314 g/mol. The number of thioether (sulfide) groups is 1. The number of nitrogens with zero attached hydrogens (tertiary/aromatic N) is 3. The van der Waals surface area contributed by atoms with Crippen LogP contribution in [0.1, 0.15) is 19.2 Å². The van der Waals surface area contributed by atoms with Crippen LogP contribution in [-0.4, -0.2) is 39.3 Å².